The lowest BCUT2D eigenvalue weighted by Gasteiger charge is -2.29. The van der Waals surface area contributed by atoms with Crippen LogP contribution in [0.3, 0.4) is 0 Å². The first-order valence-electron chi connectivity index (χ1n) is 30.2. The zero-order chi connectivity index (χ0) is 64.3. The smallest absolute Gasteiger partial charge is 0.245 e. The number of hydrogen-bond acceptors (Lipinski definition) is 18. The van der Waals surface area contributed by atoms with Crippen LogP contribution >= 0.6 is 0 Å². The van der Waals surface area contributed by atoms with Gasteiger partial charge in [-0.1, -0.05) is 76.8 Å². The number of nitrogens with two attached hydrogens (primary N) is 5. The minimum atomic E-state index is -1.69. The molecule has 23 N–H and O–H groups in total. The van der Waals surface area contributed by atoms with Gasteiger partial charge < -0.3 is 97.4 Å². The number of benzene rings is 1. The van der Waals surface area contributed by atoms with Crippen molar-refractivity contribution in [3.8, 4) is 0 Å². The SMILES string of the molecule is CCCCCCCC(=O)N[C@@H](CCN)C(=O)N[C@H](C(=O)N[C@@H](CCN)C(=O)N[C@H]1CCNC(=O)[C@H]([C@@H](C)O)NC(=O)[C@H](CCN)NC(=O)[C@H](CCN)NC(=O)C(CCCc2ccccc2)NC(=O)[C@@H](CC(C)C)NC(=O)[C@@H](CCN)NC1=O)[C@H](C)O. The molecule has 0 radical (unpaired) electrons. The molecule has 29 heteroatoms. The monoisotopic (exact) mass is 1220 g/mol. The quantitative estimate of drug-likeness (QED) is 0.0311. The fourth-order valence-electron chi connectivity index (χ4n) is 9.39. The zero-order valence-electron chi connectivity index (χ0n) is 50.7. The third-order valence-electron chi connectivity index (χ3n) is 14.2. The minimum absolute atomic E-state index is 0.0126. The summed E-state index contributed by atoms with van der Waals surface area (Å²) in [5, 5.41) is 49.8. The second-order valence-corrected chi connectivity index (χ2v) is 22.1. The fourth-order valence-corrected chi connectivity index (χ4v) is 9.39. The van der Waals surface area contributed by atoms with Gasteiger partial charge in [-0.15, -0.1) is 0 Å². The second-order valence-electron chi connectivity index (χ2n) is 22.1. The van der Waals surface area contributed by atoms with Crippen LogP contribution in [0.1, 0.15) is 136 Å². The summed E-state index contributed by atoms with van der Waals surface area (Å²) in [7, 11) is 0. The summed E-state index contributed by atoms with van der Waals surface area (Å²) >= 11 is 0. The highest BCUT2D eigenvalue weighted by Gasteiger charge is 2.37. The first kappa shape index (κ1) is 75.2. The Morgan fingerprint density at radius 2 is 1.03 bits per heavy atom. The standard InChI is InChI=1S/C57H100N16O13/c1-6-7-8-9-13-19-45(76)64-38(20-26-58)53(82)73-47(35(5)75)57(86)70-41(23-29-61)50(79)69-43-25-31-63-56(85)46(34(4)74)72-54(83)42(24-30-62)68-49(78)39(21-27-59)66-48(77)37(18-14-17-36-15-11-10-12-16-36)65-55(84)44(32-33(2)3)71-51(80)40(22-28-60)67-52(43)81/h10-12,15-16,33-35,37-44,46-47,74-75H,6-9,13-14,17-32,58-62H2,1-5H3,(H,63,85)(H,64,76)(H,65,84)(H,66,77)(H,67,81)(H,68,78)(H,69,79)(H,70,86)(H,71,80)(H,72,83)(H,73,82)/t34-,35+,37?,38+,39+,40-,41+,42+,43+,44-,46+,47+/m1/s1. The van der Waals surface area contributed by atoms with Crippen LogP contribution in [0, 0.1) is 5.92 Å². The van der Waals surface area contributed by atoms with E-state index in [1.165, 1.54) is 13.8 Å². The normalized spacial score (nSPS) is 22.4. The molecule has 1 aromatic rings. The largest absolute Gasteiger partial charge is 0.391 e. The first-order chi connectivity index (χ1) is 40.9. The van der Waals surface area contributed by atoms with Crippen molar-refractivity contribution in [2.24, 2.45) is 34.6 Å². The van der Waals surface area contributed by atoms with E-state index in [9.17, 15) is 63.0 Å². The third-order valence-corrected chi connectivity index (χ3v) is 14.2. The van der Waals surface area contributed by atoms with Crippen LogP contribution in [0.4, 0.5) is 0 Å². The minimum Gasteiger partial charge on any atom is -0.391 e. The van der Waals surface area contributed by atoms with E-state index in [0.29, 0.717) is 19.3 Å². The molecule has 86 heavy (non-hydrogen) atoms. The summed E-state index contributed by atoms with van der Waals surface area (Å²) < 4.78 is 0. The van der Waals surface area contributed by atoms with Gasteiger partial charge in [-0.3, -0.25) is 52.7 Å². The molecule has 1 fully saturated rings. The molecule has 12 atom stereocenters. The van der Waals surface area contributed by atoms with E-state index in [0.717, 1.165) is 31.2 Å². The summed E-state index contributed by atoms with van der Waals surface area (Å²) in [6.45, 7) is 6.91. The molecule has 0 bridgehead atoms. The van der Waals surface area contributed by atoms with Crippen molar-refractivity contribution in [2.45, 2.75) is 210 Å². The van der Waals surface area contributed by atoms with Gasteiger partial charge in [-0.05, 0) is 129 Å². The van der Waals surface area contributed by atoms with E-state index >= 15 is 0 Å². The summed E-state index contributed by atoms with van der Waals surface area (Å²) in [6, 6.07) is -5.29. The number of aliphatic hydroxyl groups excluding tert-OH is 2. The predicted molar refractivity (Wildman–Crippen MR) is 321 cm³/mol. The molecule has 486 valence electrons. The van der Waals surface area contributed by atoms with Crippen molar-refractivity contribution in [1.29, 1.82) is 0 Å². The molecule has 11 amide bonds. The molecule has 1 aliphatic rings. The number of aryl methyl sites for hydroxylation is 1. The number of carbonyl (C=O) groups excluding carboxylic acids is 11. The number of nitrogens with one attached hydrogen (secondary N) is 11. The van der Waals surface area contributed by atoms with Gasteiger partial charge in [-0.2, -0.15) is 0 Å². The van der Waals surface area contributed by atoms with Crippen LogP contribution < -0.4 is 87.2 Å². The molecule has 2 rings (SSSR count). The number of carbonyl (C=O) groups is 11. The van der Waals surface area contributed by atoms with E-state index in [2.05, 4.69) is 65.4 Å². The summed E-state index contributed by atoms with van der Waals surface area (Å²) in [4.78, 5) is 154. The van der Waals surface area contributed by atoms with Crippen LogP contribution in [0.25, 0.3) is 0 Å². The molecule has 29 nitrogen and oxygen atoms in total. The molecule has 1 aliphatic heterocycles. The van der Waals surface area contributed by atoms with Crippen LogP contribution in [0.15, 0.2) is 30.3 Å². The predicted octanol–water partition coefficient (Wildman–Crippen LogP) is -4.71. The van der Waals surface area contributed by atoms with Gasteiger partial charge in [0.15, 0.2) is 0 Å². The Morgan fingerprint density at radius 3 is 1.53 bits per heavy atom. The van der Waals surface area contributed by atoms with Crippen molar-refractivity contribution in [3.05, 3.63) is 35.9 Å². The fraction of sp³-hybridized carbons (Fsp3) is 0.702. The Kier molecular flexibility index (Phi) is 36.1. The third kappa shape index (κ3) is 27.6. The zero-order valence-corrected chi connectivity index (χ0v) is 50.7. The Bertz CT molecular complexity index is 2320. The van der Waals surface area contributed by atoms with Crippen molar-refractivity contribution in [2.75, 3.05) is 39.3 Å². The highest BCUT2D eigenvalue weighted by Crippen LogP contribution is 2.13. The lowest BCUT2D eigenvalue weighted by Crippen LogP contribution is -2.62. The Hall–Kier alpha value is -6.89. The van der Waals surface area contributed by atoms with Crippen LogP contribution in [0.5, 0.6) is 0 Å². The van der Waals surface area contributed by atoms with Gasteiger partial charge >= 0.3 is 0 Å². The maximum Gasteiger partial charge on any atom is 0.245 e. The topological polar surface area (TPSA) is 491 Å². The van der Waals surface area contributed by atoms with Gasteiger partial charge in [-0.25, -0.2) is 0 Å². The number of amides is 11. The van der Waals surface area contributed by atoms with Crippen LogP contribution in [-0.4, -0.2) is 187 Å². The average Bonchev–Trinajstić information content (AvgIpc) is 3.21. The molecule has 0 saturated carbocycles. The highest BCUT2D eigenvalue weighted by atomic mass is 16.3. The van der Waals surface area contributed by atoms with Crippen molar-refractivity contribution in [3.63, 3.8) is 0 Å². The number of aliphatic hydroxyl groups is 2. The number of hydrogen-bond donors (Lipinski definition) is 18. The van der Waals surface area contributed by atoms with Gasteiger partial charge in [0.2, 0.25) is 65.0 Å². The van der Waals surface area contributed by atoms with Crippen molar-refractivity contribution in [1.82, 2.24) is 58.5 Å². The van der Waals surface area contributed by atoms with Crippen LogP contribution in [-0.2, 0) is 59.2 Å². The number of rotatable bonds is 31. The van der Waals surface area contributed by atoms with Gasteiger partial charge in [0.1, 0.15) is 60.4 Å². The Morgan fingerprint density at radius 1 is 0.547 bits per heavy atom. The molecule has 1 unspecified atom stereocenters. The molecule has 0 aliphatic carbocycles. The molecular formula is C57H100N16O13. The second kappa shape index (κ2) is 41.2. The lowest BCUT2D eigenvalue weighted by molar-refractivity contribution is -0.137. The Labute approximate surface area is 504 Å². The summed E-state index contributed by atoms with van der Waals surface area (Å²) in [5.74, 6) is -9.84. The van der Waals surface area contributed by atoms with Crippen LogP contribution in [0.2, 0.25) is 0 Å². The molecular weight excluding hydrogens is 1120 g/mol. The van der Waals surface area contributed by atoms with E-state index in [1.54, 1.807) is 13.8 Å². The average molecular weight is 1220 g/mol. The highest BCUT2D eigenvalue weighted by molar-refractivity contribution is 5.99. The Balaban J connectivity index is 2.66. The molecule has 0 spiro atoms. The molecule has 0 aromatic heterocycles. The van der Waals surface area contributed by atoms with E-state index in [1.807, 2.05) is 30.3 Å². The van der Waals surface area contributed by atoms with E-state index in [-0.39, 0.29) is 90.0 Å². The van der Waals surface area contributed by atoms with Gasteiger partial charge in [0, 0.05) is 13.0 Å². The molecule has 1 aromatic carbocycles. The summed E-state index contributed by atoms with van der Waals surface area (Å²) in [5.41, 5.74) is 30.3. The maximum atomic E-state index is 14.5. The maximum absolute atomic E-state index is 14.5. The van der Waals surface area contributed by atoms with E-state index in [4.69, 9.17) is 28.7 Å². The van der Waals surface area contributed by atoms with E-state index < -0.39 is 151 Å². The van der Waals surface area contributed by atoms with Gasteiger partial charge in [0.05, 0.1) is 12.2 Å². The van der Waals surface area contributed by atoms with Gasteiger partial charge in [0.25, 0.3) is 0 Å². The first-order valence-corrected chi connectivity index (χ1v) is 30.2. The number of unbranched alkanes of at least 4 members (excludes halogenated alkanes) is 4. The molecule has 1 heterocycles. The van der Waals surface area contributed by atoms with Crippen molar-refractivity contribution >= 4 is 65.0 Å². The van der Waals surface area contributed by atoms with Crippen molar-refractivity contribution < 1.29 is 63.0 Å². The molecule has 1 saturated heterocycles. The summed E-state index contributed by atoms with van der Waals surface area (Å²) in [6.07, 6.45) is 1.09. The lowest BCUT2D eigenvalue weighted by atomic mass is 10.00.